The lowest BCUT2D eigenvalue weighted by atomic mass is 10.1. The van der Waals surface area contributed by atoms with Gasteiger partial charge < -0.3 is 15.5 Å². The second-order valence-corrected chi connectivity index (χ2v) is 5.19. The van der Waals surface area contributed by atoms with Crippen LogP contribution in [0.1, 0.15) is 13.3 Å². The number of aromatic nitrogens is 2. The van der Waals surface area contributed by atoms with Crippen molar-refractivity contribution in [3.8, 4) is 17.0 Å². The van der Waals surface area contributed by atoms with Crippen LogP contribution < -0.4 is 10.5 Å². The molecule has 0 amide bonds. The number of hydrogen-bond donors (Lipinski definition) is 2. The summed E-state index contributed by atoms with van der Waals surface area (Å²) in [4.78, 5) is 7.60. The number of aromatic amines is 1. The SMILES string of the molecule is CCCOc1cccc2[nH]cc(-c3csc(N)n3)c12. The highest BCUT2D eigenvalue weighted by Gasteiger charge is 2.13. The van der Waals surface area contributed by atoms with Gasteiger partial charge in [-0.25, -0.2) is 4.98 Å². The number of benzene rings is 1. The third-order valence-corrected chi connectivity index (χ3v) is 3.60. The Hall–Kier alpha value is -2.01. The summed E-state index contributed by atoms with van der Waals surface area (Å²) in [6.45, 7) is 2.81. The van der Waals surface area contributed by atoms with Gasteiger partial charge in [-0.3, -0.25) is 0 Å². The maximum absolute atomic E-state index is 5.82. The smallest absolute Gasteiger partial charge is 0.180 e. The molecule has 0 aliphatic heterocycles. The minimum atomic E-state index is 0.580. The first-order valence-corrected chi connectivity index (χ1v) is 7.12. The molecule has 0 saturated carbocycles. The van der Waals surface area contributed by atoms with Gasteiger partial charge in [-0.2, -0.15) is 0 Å². The Bertz CT molecular complexity index is 702. The molecule has 0 radical (unpaired) electrons. The maximum atomic E-state index is 5.82. The number of anilines is 1. The van der Waals surface area contributed by atoms with Crippen LogP contribution in [0.5, 0.6) is 5.75 Å². The Morgan fingerprint density at radius 2 is 2.32 bits per heavy atom. The molecule has 1 aromatic carbocycles. The number of nitrogens with two attached hydrogens (primary N) is 1. The molecule has 0 unspecified atom stereocenters. The molecule has 0 saturated heterocycles. The van der Waals surface area contributed by atoms with E-state index in [1.165, 1.54) is 11.3 Å². The summed E-state index contributed by atoms with van der Waals surface area (Å²) in [6, 6.07) is 6.02. The number of fused-ring (bicyclic) bond motifs is 1. The highest BCUT2D eigenvalue weighted by atomic mass is 32.1. The molecule has 5 heteroatoms. The normalized spacial score (nSPS) is 11.0. The number of nitrogens with one attached hydrogen (secondary N) is 1. The molecular formula is C14H15N3OS. The molecule has 3 rings (SSSR count). The number of hydrogen-bond acceptors (Lipinski definition) is 4. The quantitative estimate of drug-likeness (QED) is 0.762. The standard InChI is InChI=1S/C14H15N3OS/c1-2-6-18-12-5-3-4-10-13(12)9(7-16-10)11-8-19-14(15)17-11/h3-5,7-8,16H,2,6H2,1H3,(H2,15,17). The van der Waals surface area contributed by atoms with Crippen LogP contribution in [-0.4, -0.2) is 16.6 Å². The zero-order valence-electron chi connectivity index (χ0n) is 10.6. The summed E-state index contributed by atoms with van der Waals surface area (Å²) in [7, 11) is 0. The van der Waals surface area contributed by atoms with E-state index in [1.54, 1.807) is 0 Å². The summed E-state index contributed by atoms with van der Waals surface area (Å²) in [6.07, 6.45) is 2.94. The first-order chi connectivity index (χ1) is 9.29. The number of thiazole rings is 1. The van der Waals surface area contributed by atoms with Gasteiger partial charge in [0.15, 0.2) is 5.13 Å². The molecule has 0 atom stereocenters. The van der Waals surface area contributed by atoms with Crippen molar-refractivity contribution in [1.29, 1.82) is 0 Å². The molecule has 2 aromatic heterocycles. The number of H-pyrrole nitrogens is 1. The molecule has 98 valence electrons. The van der Waals surface area contributed by atoms with Crippen molar-refractivity contribution < 1.29 is 4.74 Å². The third kappa shape index (κ3) is 2.17. The average Bonchev–Trinajstić information content (AvgIpc) is 3.02. The summed E-state index contributed by atoms with van der Waals surface area (Å²) in [5, 5.41) is 3.62. The van der Waals surface area contributed by atoms with Gasteiger partial charge in [-0.15, -0.1) is 11.3 Å². The highest BCUT2D eigenvalue weighted by molar-refractivity contribution is 7.13. The Morgan fingerprint density at radius 3 is 3.05 bits per heavy atom. The zero-order valence-corrected chi connectivity index (χ0v) is 11.5. The first-order valence-electron chi connectivity index (χ1n) is 6.24. The Kier molecular flexibility index (Phi) is 3.13. The molecule has 0 aliphatic carbocycles. The van der Waals surface area contributed by atoms with Gasteiger partial charge in [0.2, 0.25) is 0 Å². The molecule has 3 aromatic rings. The summed E-state index contributed by atoms with van der Waals surface area (Å²) < 4.78 is 5.82. The minimum absolute atomic E-state index is 0.580. The second-order valence-electron chi connectivity index (χ2n) is 4.30. The van der Waals surface area contributed by atoms with Crippen molar-refractivity contribution >= 4 is 27.4 Å². The average molecular weight is 273 g/mol. The van der Waals surface area contributed by atoms with Gasteiger partial charge in [0.1, 0.15) is 5.75 Å². The maximum Gasteiger partial charge on any atom is 0.180 e. The van der Waals surface area contributed by atoms with Crippen LogP contribution in [0.15, 0.2) is 29.8 Å². The van der Waals surface area contributed by atoms with Gasteiger partial charge in [0.25, 0.3) is 0 Å². The van der Waals surface area contributed by atoms with Crippen molar-refractivity contribution in [3.63, 3.8) is 0 Å². The Morgan fingerprint density at radius 1 is 1.42 bits per heavy atom. The van der Waals surface area contributed by atoms with Gasteiger partial charge >= 0.3 is 0 Å². The predicted molar refractivity (Wildman–Crippen MR) is 79.6 cm³/mol. The second kappa shape index (κ2) is 4.93. The first kappa shape index (κ1) is 12.0. The number of rotatable bonds is 4. The molecular weight excluding hydrogens is 258 g/mol. The fourth-order valence-corrected chi connectivity index (χ4v) is 2.66. The van der Waals surface area contributed by atoms with Crippen LogP contribution >= 0.6 is 11.3 Å². The largest absolute Gasteiger partial charge is 0.493 e. The molecule has 0 spiro atoms. The molecule has 3 N–H and O–H groups in total. The van der Waals surface area contributed by atoms with Crippen molar-refractivity contribution in [1.82, 2.24) is 9.97 Å². The van der Waals surface area contributed by atoms with E-state index in [0.29, 0.717) is 11.7 Å². The molecule has 0 aliphatic rings. The number of nitrogen functional groups attached to an aromatic ring is 1. The van der Waals surface area contributed by atoms with E-state index in [-0.39, 0.29) is 0 Å². The van der Waals surface area contributed by atoms with Crippen LogP contribution in [0.4, 0.5) is 5.13 Å². The lowest BCUT2D eigenvalue weighted by molar-refractivity contribution is 0.321. The monoisotopic (exact) mass is 273 g/mol. The van der Waals surface area contributed by atoms with Crippen LogP contribution in [0.25, 0.3) is 22.2 Å². The third-order valence-electron chi connectivity index (χ3n) is 2.93. The minimum Gasteiger partial charge on any atom is -0.493 e. The van der Waals surface area contributed by atoms with Crippen molar-refractivity contribution in [2.24, 2.45) is 0 Å². The molecule has 2 heterocycles. The predicted octanol–water partition coefficient (Wildman–Crippen LogP) is 3.66. The van der Waals surface area contributed by atoms with E-state index in [2.05, 4.69) is 16.9 Å². The van der Waals surface area contributed by atoms with E-state index in [9.17, 15) is 0 Å². The van der Waals surface area contributed by atoms with Crippen molar-refractivity contribution in [3.05, 3.63) is 29.8 Å². The van der Waals surface area contributed by atoms with Crippen molar-refractivity contribution in [2.75, 3.05) is 12.3 Å². The van der Waals surface area contributed by atoms with Crippen LogP contribution in [0.2, 0.25) is 0 Å². The number of nitrogens with zero attached hydrogens (tertiary/aromatic N) is 1. The van der Waals surface area contributed by atoms with Gasteiger partial charge in [0.05, 0.1) is 17.7 Å². The fourth-order valence-electron chi connectivity index (χ4n) is 2.10. The van der Waals surface area contributed by atoms with E-state index < -0.39 is 0 Å². The summed E-state index contributed by atoms with van der Waals surface area (Å²) >= 11 is 1.45. The van der Waals surface area contributed by atoms with Crippen molar-refractivity contribution in [2.45, 2.75) is 13.3 Å². The lowest BCUT2D eigenvalue weighted by Crippen LogP contribution is -1.95. The van der Waals surface area contributed by atoms with Gasteiger partial charge in [-0.1, -0.05) is 13.0 Å². The molecule has 4 nitrogen and oxygen atoms in total. The van der Waals surface area contributed by atoms with E-state index in [4.69, 9.17) is 10.5 Å². The van der Waals surface area contributed by atoms with Crippen LogP contribution in [0.3, 0.4) is 0 Å². The van der Waals surface area contributed by atoms with E-state index in [1.807, 2.05) is 29.8 Å². The topological polar surface area (TPSA) is 63.9 Å². The summed E-state index contributed by atoms with van der Waals surface area (Å²) in [5.41, 5.74) is 8.69. The van der Waals surface area contributed by atoms with E-state index in [0.717, 1.165) is 34.3 Å². The Balaban J connectivity index is 2.14. The van der Waals surface area contributed by atoms with Gasteiger partial charge in [0, 0.05) is 22.7 Å². The number of ether oxygens (including phenoxy) is 1. The Labute approximate surface area is 115 Å². The summed E-state index contributed by atoms with van der Waals surface area (Å²) in [5.74, 6) is 0.891. The molecule has 0 bridgehead atoms. The lowest BCUT2D eigenvalue weighted by Gasteiger charge is -2.07. The van der Waals surface area contributed by atoms with Crippen LogP contribution in [0, 0.1) is 0 Å². The molecule has 19 heavy (non-hydrogen) atoms. The van der Waals surface area contributed by atoms with Crippen LogP contribution in [-0.2, 0) is 0 Å². The zero-order chi connectivity index (χ0) is 13.2. The molecule has 0 fully saturated rings. The highest BCUT2D eigenvalue weighted by Crippen LogP contribution is 2.36. The van der Waals surface area contributed by atoms with E-state index >= 15 is 0 Å². The van der Waals surface area contributed by atoms with Gasteiger partial charge in [-0.05, 0) is 18.6 Å². The fraction of sp³-hybridized carbons (Fsp3) is 0.214.